The number of ether oxygens (including phenoxy) is 1. The van der Waals surface area contributed by atoms with Crippen LogP contribution in [0.25, 0.3) is 0 Å². The maximum atomic E-state index is 11.4. The van der Waals surface area contributed by atoms with Crippen molar-refractivity contribution >= 4 is 28.8 Å². The van der Waals surface area contributed by atoms with Crippen molar-refractivity contribution in [3.8, 4) is 0 Å². The molecule has 0 fully saturated rings. The van der Waals surface area contributed by atoms with Crippen LogP contribution in [0.2, 0.25) is 0 Å². The molecule has 0 radical (unpaired) electrons. The van der Waals surface area contributed by atoms with Gasteiger partial charge >= 0.3 is 0 Å². The molecular formula is C9H13ClN2O2S. The number of nitrogens with zero attached hydrogens (tertiary/aromatic N) is 1. The molecule has 1 heterocycles. The average molecular weight is 249 g/mol. The molecule has 0 bridgehead atoms. The van der Waals surface area contributed by atoms with Crippen LogP contribution in [-0.2, 0) is 4.74 Å². The predicted octanol–water partition coefficient (Wildman–Crippen LogP) is 1.52. The number of thiazole rings is 1. The fraction of sp³-hybridized carbons (Fsp3) is 0.556. The van der Waals surface area contributed by atoms with Gasteiger partial charge < -0.3 is 10.1 Å². The van der Waals surface area contributed by atoms with E-state index in [9.17, 15) is 4.79 Å². The van der Waals surface area contributed by atoms with Crippen molar-refractivity contribution in [1.29, 1.82) is 0 Å². The van der Waals surface area contributed by atoms with Gasteiger partial charge in [0.1, 0.15) is 5.69 Å². The molecule has 1 unspecified atom stereocenters. The van der Waals surface area contributed by atoms with Crippen molar-refractivity contribution < 1.29 is 9.53 Å². The number of carbonyl (C=O) groups excluding carboxylic acids is 1. The molecule has 0 saturated heterocycles. The molecule has 0 aliphatic heterocycles. The second kappa shape index (κ2) is 6.76. The smallest absolute Gasteiger partial charge is 0.270 e. The molecule has 0 spiro atoms. The number of halogens is 1. The highest BCUT2D eigenvalue weighted by Gasteiger charge is 2.08. The molecule has 1 aromatic heterocycles. The van der Waals surface area contributed by atoms with Crippen LogP contribution >= 0.6 is 22.9 Å². The molecule has 1 rings (SSSR count). The summed E-state index contributed by atoms with van der Waals surface area (Å²) in [7, 11) is 1.60. The lowest BCUT2D eigenvalue weighted by Crippen LogP contribution is -2.27. The van der Waals surface area contributed by atoms with Crippen molar-refractivity contribution in [2.24, 2.45) is 0 Å². The summed E-state index contributed by atoms with van der Waals surface area (Å²) in [5, 5.41) is 4.39. The molecule has 6 heteroatoms. The highest BCUT2D eigenvalue weighted by atomic mass is 35.5. The van der Waals surface area contributed by atoms with Crippen molar-refractivity contribution in [3.05, 3.63) is 16.6 Å². The monoisotopic (exact) mass is 248 g/mol. The van der Waals surface area contributed by atoms with Gasteiger partial charge in [-0.1, -0.05) is 0 Å². The number of carbonyl (C=O) groups is 1. The van der Waals surface area contributed by atoms with E-state index in [2.05, 4.69) is 10.3 Å². The minimum atomic E-state index is -0.155. The van der Waals surface area contributed by atoms with Gasteiger partial charge in [0.2, 0.25) is 0 Å². The van der Waals surface area contributed by atoms with Crippen molar-refractivity contribution in [2.75, 3.05) is 20.3 Å². The van der Waals surface area contributed by atoms with Crippen LogP contribution in [0.3, 0.4) is 0 Å². The first-order chi connectivity index (χ1) is 7.24. The highest BCUT2D eigenvalue weighted by Crippen LogP contribution is 2.02. The Labute approximate surface area is 97.6 Å². The number of rotatable bonds is 6. The predicted molar refractivity (Wildman–Crippen MR) is 60.6 cm³/mol. The fourth-order valence-corrected chi connectivity index (χ4v) is 1.79. The van der Waals surface area contributed by atoms with E-state index in [1.165, 1.54) is 11.3 Å². The first-order valence-corrected chi connectivity index (χ1v) is 5.91. The summed E-state index contributed by atoms with van der Waals surface area (Å²) in [5.74, 6) is -0.155. The van der Waals surface area contributed by atoms with E-state index in [1.807, 2.05) is 0 Å². The number of nitrogens with one attached hydrogen (secondary N) is 1. The molecule has 0 aliphatic rings. The van der Waals surface area contributed by atoms with Gasteiger partial charge in [0, 0.05) is 19.0 Å². The van der Waals surface area contributed by atoms with Crippen LogP contribution in [0.1, 0.15) is 16.9 Å². The van der Waals surface area contributed by atoms with Crippen LogP contribution < -0.4 is 5.32 Å². The summed E-state index contributed by atoms with van der Waals surface area (Å²) in [4.78, 5) is 15.3. The van der Waals surface area contributed by atoms with Crippen molar-refractivity contribution in [1.82, 2.24) is 10.3 Å². The zero-order valence-electron chi connectivity index (χ0n) is 8.40. The average Bonchev–Trinajstić information content (AvgIpc) is 2.70. The van der Waals surface area contributed by atoms with Gasteiger partial charge in [-0.3, -0.25) is 4.79 Å². The summed E-state index contributed by atoms with van der Waals surface area (Å²) in [6, 6.07) is 0. The third-order valence-electron chi connectivity index (χ3n) is 1.76. The Balaban J connectivity index is 2.18. The van der Waals surface area contributed by atoms with Gasteiger partial charge in [-0.2, -0.15) is 0 Å². The number of hydrogen-bond acceptors (Lipinski definition) is 4. The topological polar surface area (TPSA) is 51.2 Å². The largest absolute Gasteiger partial charge is 0.383 e. The van der Waals surface area contributed by atoms with E-state index < -0.39 is 0 Å². The standard InChI is InChI=1S/C9H13ClN2O2S/c1-14-4-7(10)2-3-11-9(13)8-5-15-6-12-8/h5-7H,2-4H2,1H3,(H,11,13). The normalized spacial score (nSPS) is 12.4. The molecule has 1 amide bonds. The molecule has 1 atom stereocenters. The second-order valence-corrected chi connectivity index (χ2v) is 4.31. The van der Waals surface area contributed by atoms with Gasteiger partial charge in [0.05, 0.1) is 17.5 Å². The van der Waals surface area contributed by atoms with E-state index in [-0.39, 0.29) is 11.3 Å². The molecule has 1 aromatic rings. The van der Waals surface area contributed by atoms with E-state index in [4.69, 9.17) is 16.3 Å². The summed E-state index contributed by atoms with van der Waals surface area (Å²) >= 11 is 7.30. The zero-order valence-corrected chi connectivity index (χ0v) is 9.98. The van der Waals surface area contributed by atoms with Crippen molar-refractivity contribution in [3.63, 3.8) is 0 Å². The quantitative estimate of drug-likeness (QED) is 0.777. The zero-order chi connectivity index (χ0) is 11.1. The highest BCUT2D eigenvalue weighted by molar-refractivity contribution is 7.07. The Kier molecular flexibility index (Phi) is 5.60. The first kappa shape index (κ1) is 12.4. The lowest BCUT2D eigenvalue weighted by atomic mass is 10.3. The van der Waals surface area contributed by atoms with Gasteiger partial charge in [-0.25, -0.2) is 4.98 Å². The second-order valence-electron chi connectivity index (χ2n) is 2.97. The molecule has 15 heavy (non-hydrogen) atoms. The molecule has 0 aliphatic carbocycles. The lowest BCUT2D eigenvalue weighted by molar-refractivity contribution is 0.0947. The van der Waals surface area contributed by atoms with E-state index in [0.717, 1.165) is 0 Å². The minimum absolute atomic E-state index is 0.0641. The summed E-state index contributed by atoms with van der Waals surface area (Å²) in [5.41, 5.74) is 2.09. The maximum Gasteiger partial charge on any atom is 0.270 e. The Morgan fingerprint density at radius 1 is 1.80 bits per heavy atom. The lowest BCUT2D eigenvalue weighted by Gasteiger charge is -2.08. The summed E-state index contributed by atoms with van der Waals surface area (Å²) in [6.45, 7) is 1.03. The Morgan fingerprint density at radius 2 is 2.60 bits per heavy atom. The molecule has 4 nitrogen and oxygen atoms in total. The molecule has 84 valence electrons. The van der Waals surface area contributed by atoms with E-state index in [1.54, 1.807) is 18.0 Å². The van der Waals surface area contributed by atoms with Gasteiger partial charge in [0.15, 0.2) is 0 Å². The SMILES string of the molecule is COCC(Cl)CCNC(=O)c1cscn1. The number of amides is 1. The van der Waals surface area contributed by atoms with E-state index >= 15 is 0 Å². The van der Waals surface area contributed by atoms with Gasteiger partial charge in [0.25, 0.3) is 5.91 Å². The number of methoxy groups -OCH3 is 1. The van der Waals surface area contributed by atoms with E-state index in [0.29, 0.717) is 25.3 Å². The van der Waals surface area contributed by atoms with Crippen LogP contribution in [0, 0.1) is 0 Å². The van der Waals surface area contributed by atoms with Gasteiger partial charge in [-0.05, 0) is 6.42 Å². The first-order valence-electron chi connectivity index (χ1n) is 4.53. The van der Waals surface area contributed by atoms with Crippen LogP contribution in [0.5, 0.6) is 0 Å². The third-order valence-corrected chi connectivity index (χ3v) is 2.69. The Bertz CT molecular complexity index is 292. The fourth-order valence-electron chi connectivity index (χ4n) is 1.02. The van der Waals surface area contributed by atoms with Crippen LogP contribution in [0.4, 0.5) is 0 Å². The van der Waals surface area contributed by atoms with Crippen molar-refractivity contribution in [2.45, 2.75) is 11.8 Å². The van der Waals surface area contributed by atoms with Crippen LogP contribution in [0.15, 0.2) is 10.9 Å². The Morgan fingerprint density at radius 3 is 3.20 bits per heavy atom. The summed E-state index contributed by atoms with van der Waals surface area (Å²) in [6.07, 6.45) is 0.686. The van der Waals surface area contributed by atoms with Crippen LogP contribution in [-0.4, -0.2) is 36.5 Å². The van der Waals surface area contributed by atoms with Gasteiger partial charge in [-0.15, -0.1) is 22.9 Å². The number of hydrogen-bond donors (Lipinski definition) is 1. The third kappa shape index (κ3) is 4.59. The molecule has 0 aromatic carbocycles. The minimum Gasteiger partial charge on any atom is -0.383 e. The Hall–Kier alpha value is -0.650. The number of aromatic nitrogens is 1. The molecule has 1 N–H and O–H groups in total. The molecular weight excluding hydrogens is 236 g/mol. The maximum absolute atomic E-state index is 11.4. The summed E-state index contributed by atoms with van der Waals surface area (Å²) < 4.78 is 4.88. The number of alkyl halides is 1. The molecule has 0 saturated carbocycles.